The molecule has 1 amide bonds. The predicted molar refractivity (Wildman–Crippen MR) is 77.1 cm³/mol. The van der Waals surface area contributed by atoms with Crippen molar-refractivity contribution >= 4 is 5.91 Å². The van der Waals surface area contributed by atoms with E-state index in [-0.39, 0.29) is 30.0 Å². The highest BCUT2D eigenvalue weighted by Crippen LogP contribution is 2.32. The highest BCUT2D eigenvalue weighted by Gasteiger charge is 2.22. The van der Waals surface area contributed by atoms with Gasteiger partial charge in [-0.2, -0.15) is 8.78 Å². The first kappa shape index (κ1) is 16.5. The van der Waals surface area contributed by atoms with Gasteiger partial charge in [-0.15, -0.1) is 0 Å². The molecule has 1 atom stereocenters. The van der Waals surface area contributed by atoms with Gasteiger partial charge in [0.2, 0.25) is 5.91 Å². The molecule has 1 heterocycles. The minimum atomic E-state index is -2.95. The summed E-state index contributed by atoms with van der Waals surface area (Å²) in [5, 5.41) is 5.83. The molecule has 1 aromatic rings. The Labute approximate surface area is 128 Å². The molecular formula is C15H20F2N2O3. The van der Waals surface area contributed by atoms with Gasteiger partial charge < -0.3 is 20.1 Å². The number of benzene rings is 1. The van der Waals surface area contributed by atoms with E-state index >= 15 is 0 Å². The van der Waals surface area contributed by atoms with Gasteiger partial charge >= 0.3 is 6.61 Å². The lowest BCUT2D eigenvalue weighted by Gasteiger charge is -2.16. The smallest absolute Gasteiger partial charge is 0.387 e. The Hall–Kier alpha value is -1.89. The zero-order valence-corrected chi connectivity index (χ0v) is 12.4. The highest BCUT2D eigenvalue weighted by molar-refractivity contribution is 5.82. The number of halogens is 2. The first-order valence-electron chi connectivity index (χ1n) is 7.32. The number of hydrogen-bond donors (Lipinski definition) is 2. The number of rotatable bonds is 7. The van der Waals surface area contributed by atoms with Crippen LogP contribution in [0.2, 0.25) is 0 Å². The van der Waals surface area contributed by atoms with Crippen LogP contribution in [0.4, 0.5) is 8.78 Å². The summed E-state index contributed by atoms with van der Waals surface area (Å²) in [6.45, 7) is 0.0679. The van der Waals surface area contributed by atoms with Crippen molar-refractivity contribution in [2.75, 3.05) is 13.2 Å². The first-order chi connectivity index (χ1) is 10.6. The third kappa shape index (κ3) is 4.30. The van der Waals surface area contributed by atoms with Crippen molar-refractivity contribution in [1.29, 1.82) is 0 Å². The van der Waals surface area contributed by atoms with Crippen LogP contribution in [0, 0.1) is 0 Å². The van der Waals surface area contributed by atoms with Gasteiger partial charge in [0.25, 0.3) is 0 Å². The summed E-state index contributed by atoms with van der Waals surface area (Å²) in [6, 6.07) is 4.65. The molecule has 7 heteroatoms. The van der Waals surface area contributed by atoms with E-state index in [1.165, 1.54) is 0 Å². The molecule has 0 spiro atoms. The summed E-state index contributed by atoms with van der Waals surface area (Å²) >= 11 is 0. The molecule has 0 aromatic heterocycles. The largest absolute Gasteiger partial charge is 0.490 e. The van der Waals surface area contributed by atoms with E-state index in [2.05, 4.69) is 15.4 Å². The van der Waals surface area contributed by atoms with E-state index in [0.717, 1.165) is 19.4 Å². The van der Waals surface area contributed by atoms with E-state index in [1.807, 2.05) is 0 Å². The van der Waals surface area contributed by atoms with Gasteiger partial charge in [-0.05, 0) is 32.4 Å². The second-order valence-corrected chi connectivity index (χ2v) is 4.92. The Morgan fingerprint density at radius 3 is 2.95 bits per heavy atom. The fourth-order valence-corrected chi connectivity index (χ4v) is 2.41. The second kappa shape index (κ2) is 7.93. The number of carbonyl (C=O) groups is 1. The molecule has 1 aromatic carbocycles. The van der Waals surface area contributed by atoms with Crippen molar-refractivity contribution < 1.29 is 23.0 Å². The molecule has 0 radical (unpaired) electrons. The number of nitrogens with one attached hydrogen (secondary N) is 2. The summed E-state index contributed by atoms with van der Waals surface area (Å²) in [7, 11) is 0. The zero-order chi connectivity index (χ0) is 15.9. The minimum absolute atomic E-state index is 0.0287. The molecule has 1 unspecified atom stereocenters. The van der Waals surface area contributed by atoms with Gasteiger partial charge in [-0.3, -0.25) is 4.79 Å². The fourth-order valence-electron chi connectivity index (χ4n) is 2.41. The number of alkyl halides is 2. The van der Waals surface area contributed by atoms with Crippen molar-refractivity contribution in [3.8, 4) is 11.5 Å². The maximum absolute atomic E-state index is 12.6. The molecule has 1 saturated heterocycles. The number of para-hydroxylation sites is 1. The molecule has 5 nitrogen and oxygen atoms in total. The van der Waals surface area contributed by atoms with Gasteiger partial charge in [-0.25, -0.2) is 0 Å². The monoisotopic (exact) mass is 314 g/mol. The van der Waals surface area contributed by atoms with Crippen LogP contribution in [0.15, 0.2) is 18.2 Å². The van der Waals surface area contributed by atoms with Gasteiger partial charge in [0.05, 0.1) is 12.6 Å². The number of carbonyl (C=O) groups excluding carboxylic acids is 1. The third-order valence-corrected chi connectivity index (χ3v) is 3.40. The number of ether oxygens (including phenoxy) is 2. The van der Waals surface area contributed by atoms with Crippen molar-refractivity contribution in [3.05, 3.63) is 23.8 Å². The summed E-state index contributed by atoms with van der Waals surface area (Å²) < 4.78 is 35.0. The van der Waals surface area contributed by atoms with Crippen LogP contribution in [0.25, 0.3) is 0 Å². The molecule has 1 aliphatic heterocycles. The van der Waals surface area contributed by atoms with Crippen molar-refractivity contribution in [2.45, 2.75) is 39.0 Å². The Balaban J connectivity index is 2.07. The molecule has 0 aliphatic carbocycles. The van der Waals surface area contributed by atoms with E-state index < -0.39 is 6.61 Å². The quantitative estimate of drug-likeness (QED) is 0.809. The van der Waals surface area contributed by atoms with Crippen LogP contribution in [-0.4, -0.2) is 31.7 Å². The average molecular weight is 314 g/mol. The van der Waals surface area contributed by atoms with Crippen LogP contribution in [0.3, 0.4) is 0 Å². The van der Waals surface area contributed by atoms with Crippen molar-refractivity contribution in [1.82, 2.24) is 10.6 Å². The van der Waals surface area contributed by atoms with E-state index in [1.54, 1.807) is 25.1 Å². The fraction of sp³-hybridized carbons (Fsp3) is 0.533. The maximum Gasteiger partial charge on any atom is 0.387 e. The van der Waals surface area contributed by atoms with Crippen LogP contribution >= 0.6 is 0 Å². The molecule has 22 heavy (non-hydrogen) atoms. The first-order valence-corrected chi connectivity index (χ1v) is 7.32. The van der Waals surface area contributed by atoms with Crippen LogP contribution in [0.5, 0.6) is 11.5 Å². The molecule has 2 N–H and O–H groups in total. The Kier molecular flexibility index (Phi) is 5.94. The van der Waals surface area contributed by atoms with Crippen molar-refractivity contribution in [3.63, 3.8) is 0 Å². The average Bonchev–Trinajstić information content (AvgIpc) is 3.01. The van der Waals surface area contributed by atoms with Crippen molar-refractivity contribution in [2.24, 2.45) is 0 Å². The molecule has 2 rings (SSSR count). The SMILES string of the molecule is CCOc1cccc(CNC(=O)C2CCCN2)c1OC(F)F. The Morgan fingerprint density at radius 1 is 1.50 bits per heavy atom. The van der Waals surface area contributed by atoms with Crippen LogP contribution in [-0.2, 0) is 11.3 Å². The van der Waals surface area contributed by atoms with Gasteiger partial charge in [0.1, 0.15) is 0 Å². The lowest BCUT2D eigenvalue weighted by atomic mass is 10.1. The maximum atomic E-state index is 12.6. The summed E-state index contributed by atoms with van der Waals surface area (Å²) in [6.07, 6.45) is 1.74. The van der Waals surface area contributed by atoms with Crippen LogP contribution < -0.4 is 20.1 Å². The number of amides is 1. The summed E-state index contributed by atoms with van der Waals surface area (Å²) in [5.74, 6) is 0.0786. The number of hydrogen-bond acceptors (Lipinski definition) is 4. The standard InChI is InChI=1S/C15H20F2N2O3/c1-2-21-12-7-3-5-10(13(12)22-15(16)17)9-19-14(20)11-6-4-8-18-11/h3,5,7,11,15,18H,2,4,6,8-9H2,1H3,(H,19,20). The zero-order valence-electron chi connectivity index (χ0n) is 12.4. The minimum Gasteiger partial charge on any atom is -0.490 e. The molecule has 122 valence electrons. The van der Waals surface area contributed by atoms with Gasteiger partial charge in [0, 0.05) is 12.1 Å². The van der Waals surface area contributed by atoms with E-state index in [0.29, 0.717) is 12.2 Å². The normalized spacial score (nSPS) is 17.5. The molecular weight excluding hydrogens is 294 g/mol. The Morgan fingerprint density at radius 2 is 2.32 bits per heavy atom. The molecule has 1 fully saturated rings. The van der Waals surface area contributed by atoms with Gasteiger partial charge in [0.15, 0.2) is 11.5 Å². The third-order valence-electron chi connectivity index (χ3n) is 3.40. The summed E-state index contributed by atoms with van der Waals surface area (Å²) in [5.41, 5.74) is 0.456. The molecule has 1 aliphatic rings. The molecule has 0 saturated carbocycles. The highest BCUT2D eigenvalue weighted by atomic mass is 19.3. The van der Waals surface area contributed by atoms with E-state index in [4.69, 9.17) is 4.74 Å². The second-order valence-electron chi connectivity index (χ2n) is 4.92. The lowest BCUT2D eigenvalue weighted by molar-refractivity contribution is -0.122. The molecule has 0 bridgehead atoms. The van der Waals surface area contributed by atoms with Gasteiger partial charge in [-0.1, -0.05) is 12.1 Å². The topological polar surface area (TPSA) is 59.6 Å². The Bertz CT molecular complexity index is 506. The predicted octanol–water partition coefficient (Wildman–Crippen LogP) is 2.05. The lowest BCUT2D eigenvalue weighted by Crippen LogP contribution is -2.40. The summed E-state index contributed by atoms with van der Waals surface area (Å²) in [4.78, 5) is 12.0. The van der Waals surface area contributed by atoms with Crippen LogP contribution in [0.1, 0.15) is 25.3 Å². The van der Waals surface area contributed by atoms with E-state index in [9.17, 15) is 13.6 Å².